The summed E-state index contributed by atoms with van der Waals surface area (Å²) >= 11 is 0. The van der Waals surface area contributed by atoms with Gasteiger partial charge in [0, 0.05) is 5.41 Å². The van der Waals surface area contributed by atoms with Gasteiger partial charge in [-0.1, -0.05) is 20.8 Å². The van der Waals surface area contributed by atoms with Crippen LogP contribution in [0.1, 0.15) is 34.6 Å². The Morgan fingerprint density at radius 3 is 1.55 bits per heavy atom. The molecule has 0 spiro atoms. The van der Waals surface area contributed by atoms with Crippen molar-refractivity contribution in [3.63, 3.8) is 0 Å². The first kappa shape index (κ1) is 10.9. The first-order chi connectivity index (χ1) is 4.63. The second kappa shape index (κ2) is 3.09. The van der Waals surface area contributed by atoms with Gasteiger partial charge in [-0.25, -0.2) is 0 Å². The van der Waals surface area contributed by atoms with E-state index in [1.54, 1.807) is 0 Å². The molecule has 0 bridgehead atoms. The molecule has 2 N–H and O–H groups in total. The molecule has 0 saturated heterocycles. The van der Waals surface area contributed by atoms with Crippen molar-refractivity contribution in [1.82, 2.24) is 0 Å². The predicted molar refractivity (Wildman–Crippen MR) is 42.8 cm³/mol. The fourth-order valence-electron chi connectivity index (χ4n) is 0.450. The number of hydrogen-bond donors (Lipinski definition) is 2. The number of aliphatic hydroxyl groups is 2. The van der Waals surface area contributed by atoms with E-state index in [-0.39, 0.29) is 5.41 Å². The zero-order valence-corrected chi connectivity index (χ0v) is 7.88. The topological polar surface area (TPSA) is 49.7 Å². The molecule has 3 heteroatoms. The van der Waals surface area contributed by atoms with Crippen LogP contribution in [-0.2, 0) is 4.74 Å². The van der Waals surface area contributed by atoms with E-state index >= 15 is 0 Å². The average molecular weight is 162 g/mol. The van der Waals surface area contributed by atoms with Gasteiger partial charge < -0.3 is 14.9 Å². The Hall–Kier alpha value is -0.120. The summed E-state index contributed by atoms with van der Waals surface area (Å²) in [6.07, 6.45) is -0.942. The third-order valence-corrected chi connectivity index (χ3v) is 1.14. The van der Waals surface area contributed by atoms with Crippen LogP contribution < -0.4 is 0 Å². The lowest BCUT2D eigenvalue weighted by molar-refractivity contribution is -0.287. The maximum atomic E-state index is 9.34. The highest BCUT2D eigenvalue weighted by Crippen LogP contribution is 2.23. The summed E-state index contributed by atoms with van der Waals surface area (Å²) in [6, 6.07) is 0. The normalized spacial score (nSPS) is 16.6. The van der Waals surface area contributed by atoms with Crippen molar-refractivity contribution in [2.45, 2.75) is 46.7 Å². The molecule has 0 radical (unpaired) electrons. The molecule has 3 nitrogen and oxygen atoms in total. The maximum absolute atomic E-state index is 9.34. The highest BCUT2D eigenvalue weighted by atomic mass is 16.7. The van der Waals surface area contributed by atoms with E-state index in [0.717, 1.165) is 0 Å². The Labute approximate surface area is 68.0 Å². The minimum atomic E-state index is -1.27. The summed E-state index contributed by atoms with van der Waals surface area (Å²) in [6.45, 7) is 8.49. The highest BCUT2D eigenvalue weighted by molar-refractivity contribution is 4.66. The number of hydrogen-bond acceptors (Lipinski definition) is 3. The van der Waals surface area contributed by atoms with Crippen molar-refractivity contribution in [1.29, 1.82) is 0 Å². The third kappa shape index (κ3) is 5.18. The Bertz CT molecular complexity index is 118. The summed E-state index contributed by atoms with van der Waals surface area (Å²) in [5.41, 5.74) is -0.361. The van der Waals surface area contributed by atoms with Gasteiger partial charge in [0.25, 0.3) is 0 Å². The van der Waals surface area contributed by atoms with Gasteiger partial charge in [0.05, 0.1) is 0 Å². The van der Waals surface area contributed by atoms with Gasteiger partial charge >= 0.3 is 0 Å². The molecular weight excluding hydrogens is 144 g/mol. The molecule has 0 aliphatic heterocycles. The minimum Gasteiger partial charge on any atom is -0.367 e. The quantitative estimate of drug-likeness (QED) is 0.598. The zero-order chi connectivity index (χ0) is 9.28. The van der Waals surface area contributed by atoms with E-state index in [1.807, 2.05) is 20.8 Å². The molecule has 1 unspecified atom stereocenters. The largest absolute Gasteiger partial charge is 0.367 e. The molecule has 0 rings (SSSR count). The monoisotopic (exact) mass is 162 g/mol. The fraction of sp³-hybridized carbons (Fsp3) is 1.00. The van der Waals surface area contributed by atoms with Crippen LogP contribution in [0.15, 0.2) is 0 Å². The molecule has 0 aliphatic carbocycles. The summed E-state index contributed by atoms with van der Waals surface area (Å²) in [7, 11) is 0. The van der Waals surface area contributed by atoms with Crippen molar-refractivity contribution in [2.24, 2.45) is 5.41 Å². The molecule has 11 heavy (non-hydrogen) atoms. The molecule has 0 aliphatic rings. The van der Waals surface area contributed by atoms with Gasteiger partial charge in [-0.3, -0.25) is 0 Å². The zero-order valence-electron chi connectivity index (χ0n) is 7.88. The van der Waals surface area contributed by atoms with Gasteiger partial charge in [-0.15, -0.1) is 0 Å². The molecule has 1 atom stereocenters. The summed E-state index contributed by atoms with van der Waals surface area (Å²) in [5.74, 6) is -1.27. The Kier molecular flexibility index (Phi) is 3.06. The Balaban J connectivity index is 3.99. The molecule has 0 saturated carbocycles. The third-order valence-electron chi connectivity index (χ3n) is 1.14. The van der Waals surface area contributed by atoms with Crippen molar-refractivity contribution >= 4 is 0 Å². The van der Waals surface area contributed by atoms with Gasteiger partial charge in [-0.05, 0) is 13.8 Å². The molecule has 0 heterocycles. The van der Waals surface area contributed by atoms with E-state index in [1.165, 1.54) is 13.8 Å². The van der Waals surface area contributed by atoms with Crippen molar-refractivity contribution in [2.75, 3.05) is 0 Å². The van der Waals surface area contributed by atoms with Crippen molar-refractivity contribution < 1.29 is 14.9 Å². The van der Waals surface area contributed by atoms with Crippen LogP contribution in [0.2, 0.25) is 0 Å². The lowest BCUT2D eigenvalue weighted by Gasteiger charge is -2.31. The second-order valence-electron chi connectivity index (χ2n) is 4.28. The lowest BCUT2D eigenvalue weighted by atomic mass is 9.96. The number of rotatable bonds is 2. The van der Waals surface area contributed by atoms with E-state index in [9.17, 15) is 5.11 Å². The molecule has 0 amide bonds. The molecule has 0 aromatic heterocycles. The van der Waals surface area contributed by atoms with Crippen LogP contribution in [0.3, 0.4) is 0 Å². The fourth-order valence-corrected chi connectivity index (χ4v) is 0.450. The van der Waals surface area contributed by atoms with Crippen LogP contribution in [0, 0.1) is 5.41 Å². The lowest BCUT2D eigenvalue weighted by Crippen LogP contribution is -2.37. The Morgan fingerprint density at radius 2 is 1.45 bits per heavy atom. The van der Waals surface area contributed by atoms with Crippen molar-refractivity contribution in [3.05, 3.63) is 0 Å². The SMILES string of the molecule is CC(C)(O)OC(O)C(C)(C)C. The summed E-state index contributed by atoms with van der Waals surface area (Å²) < 4.78 is 4.91. The minimum absolute atomic E-state index is 0.361. The molecule has 0 aromatic carbocycles. The highest BCUT2D eigenvalue weighted by Gasteiger charge is 2.28. The molecule has 0 fully saturated rings. The van der Waals surface area contributed by atoms with Crippen molar-refractivity contribution in [3.8, 4) is 0 Å². The van der Waals surface area contributed by atoms with Crippen LogP contribution in [0.4, 0.5) is 0 Å². The van der Waals surface area contributed by atoms with Crippen LogP contribution in [0.25, 0.3) is 0 Å². The van der Waals surface area contributed by atoms with Gasteiger partial charge in [-0.2, -0.15) is 0 Å². The van der Waals surface area contributed by atoms with E-state index in [4.69, 9.17) is 9.84 Å². The summed E-state index contributed by atoms with van der Waals surface area (Å²) in [4.78, 5) is 0. The first-order valence-electron chi connectivity index (χ1n) is 3.71. The standard InChI is InChI=1S/C8H18O3/c1-7(2,3)6(9)11-8(4,5)10/h6,9-10H,1-5H3. The van der Waals surface area contributed by atoms with Crippen LogP contribution >= 0.6 is 0 Å². The predicted octanol–water partition coefficient (Wildman–Crippen LogP) is 1.10. The van der Waals surface area contributed by atoms with Crippen LogP contribution in [-0.4, -0.2) is 22.3 Å². The van der Waals surface area contributed by atoms with E-state index in [0.29, 0.717) is 0 Å². The van der Waals surface area contributed by atoms with E-state index in [2.05, 4.69) is 0 Å². The molecule has 68 valence electrons. The average Bonchev–Trinajstić information content (AvgIpc) is 1.56. The Morgan fingerprint density at radius 1 is 1.09 bits per heavy atom. The maximum Gasteiger partial charge on any atom is 0.162 e. The smallest absolute Gasteiger partial charge is 0.162 e. The number of aliphatic hydroxyl groups excluding tert-OH is 1. The van der Waals surface area contributed by atoms with E-state index < -0.39 is 12.1 Å². The molecular formula is C8H18O3. The number of ether oxygens (including phenoxy) is 1. The second-order valence-corrected chi connectivity index (χ2v) is 4.28. The molecule has 0 aromatic rings. The van der Waals surface area contributed by atoms with Crippen LogP contribution in [0.5, 0.6) is 0 Å². The summed E-state index contributed by atoms with van der Waals surface area (Å²) in [5, 5.41) is 18.5. The van der Waals surface area contributed by atoms with Gasteiger partial charge in [0.2, 0.25) is 0 Å². The first-order valence-corrected chi connectivity index (χ1v) is 3.71. The van der Waals surface area contributed by atoms with Gasteiger partial charge in [0.15, 0.2) is 12.1 Å². The van der Waals surface area contributed by atoms with Gasteiger partial charge in [0.1, 0.15) is 0 Å².